The van der Waals surface area contributed by atoms with E-state index in [0.29, 0.717) is 5.92 Å². The molecular formula is C17H34N2O2. The van der Waals surface area contributed by atoms with Gasteiger partial charge in [-0.1, -0.05) is 20.8 Å². The number of esters is 1. The van der Waals surface area contributed by atoms with Crippen LogP contribution in [-0.4, -0.2) is 49.2 Å². The lowest BCUT2D eigenvalue weighted by molar-refractivity contribution is -0.148. The van der Waals surface area contributed by atoms with Gasteiger partial charge in [-0.25, -0.2) is 0 Å². The van der Waals surface area contributed by atoms with Gasteiger partial charge in [-0.15, -0.1) is 0 Å². The largest absolute Gasteiger partial charge is 0.468 e. The topological polar surface area (TPSA) is 41.6 Å². The SMILES string of the molecule is CCCNC(C)(CCCN(CC(C)C)C1CC1)C(=O)OC. The summed E-state index contributed by atoms with van der Waals surface area (Å²) in [5.74, 6) is 0.564. The fourth-order valence-electron chi connectivity index (χ4n) is 2.86. The van der Waals surface area contributed by atoms with E-state index in [2.05, 4.69) is 31.0 Å². The molecule has 1 aliphatic rings. The molecule has 0 aromatic rings. The number of hydrogen-bond donors (Lipinski definition) is 1. The van der Waals surface area contributed by atoms with Gasteiger partial charge in [0.05, 0.1) is 7.11 Å². The monoisotopic (exact) mass is 298 g/mol. The van der Waals surface area contributed by atoms with Crippen LogP contribution in [0.25, 0.3) is 0 Å². The highest BCUT2D eigenvalue weighted by Gasteiger charge is 2.34. The highest BCUT2D eigenvalue weighted by molar-refractivity contribution is 5.80. The molecule has 124 valence electrons. The number of methoxy groups -OCH3 is 1. The van der Waals surface area contributed by atoms with Gasteiger partial charge in [0, 0.05) is 12.6 Å². The van der Waals surface area contributed by atoms with Crippen molar-refractivity contribution in [3.8, 4) is 0 Å². The summed E-state index contributed by atoms with van der Waals surface area (Å²) >= 11 is 0. The Morgan fingerprint density at radius 1 is 1.43 bits per heavy atom. The molecule has 1 unspecified atom stereocenters. The molecule has 1 rings (SSSR count). The summed E-state index contributed by atoms with van der Waals surface area (Å²) in [5, 5.41) is 3.36. The van der Waals surface area contributed by atoms with Crippen LogP contribution in [-0.2, 0) is 9.53 Å². The molecule has 0 amide bonds. The maximum Gasteiger partial charge on any atom is 0.325 e. The summed E-state index contributed by atoms with van der Waals surface area (Å²) in [7, 11) is 1.48. The van der Waals surface area contributed by atoms with Crippen molar-refractivity contribution in [2.24, 2.45) is 5.92 Å². The minimum absolute atomic E-state index is 0.141. The normalized spacial score (nSPS) is 18.0. The average molecular weight is 298 g/mol. The Morgan fingerprint density at radius 3 is 2.57 bits per heavy atom. The molecule has 0 spiro atoms. The third kappa shape index (κ3) is 6.35. The van der Waals surface area contributed by atoms with Crippen molar-refractivity contribution >= 4 is 5.97 Å². The molecule has 1 aliphatic carbocycles. The van der Waals surface area contributed by atoms with Crippen LogP contribution in [0, 0.1) is 5.92 Å². The van der Waals surface area contributed by atoms with Crippen molar-refractivity contribution in [3.63, 3.8) is 0 Å². The number of nitrogens with zero attached hydrogens (tertiary/aromatic N) is 1. The van der Waals surface area contributed by atoms with Crippen LogP contribution in [0.1, 0.15) is 59.8 Å². The molecule has 1 atom stereocenters. The Balaban J connectivity index is 2.45. The second kappa shape index (κ2) is 8.74. The lowest BCUT2D eigenvalue weighted by Crippen LogP contribution is -2.50. The van der Waals surface area contributed by atoms with E-state index >= 15 is 0 Å². The predicted octanol–water partition coefficient (Wildman–Crippen LogP) is 2.82. The van der Waals surface area contributed by atoms with Crippen molar-refractivity contribution < 1.29 is 9.53 Å². The molecule has 1 fully saturated rings. The van der Waals surface area contributed by atoms with Gasteiger partial charge in [-0.2, -0.15) is 0 Å². The van der Waals surface area contributed by atoms with Crippen LogP contribution in [0.4, 0.5) is 0 Å². The van der Waals surface area contributed by atoms with E-state index in [1.54, 1.807) is 0 Å². The van der Waals surface area contributed by atoms with Gasteiger partial charge in [-0.3, -0.25) is 4.79 Å². The quantitative estimate of drug-likeness (QED) is 0.596. The van der Waals surface area contributed by atoms with Crippen LogP contribution >= 0.6 is 0 Å². The fourth-order valence-corrected chi connectivity index (χ4v) is 2.86. The molecule has 0 saturated heterocycles. The van der Waals surface area contributed by atoms with E-state index in [9.17, 15) is 4.79 Å². The van der Waals surface area contributed by atoms with Crippen molar-refractivity contribution in [3.05, 3.63) is 0 Å². The van der Waals surface area contributed by atoms with Gasteiger partial charge in [0.1, 0.15) is 5.54 Å². The summed E-state index contributed by atoms with van der Waals surface area (Å²) < 4.78 is 4.98. The first-order valence-corrected chi connectivity index (χ1v) is 8.50. The van der Waals surface area contributed by atoms with Gasteiger partial charge in [0.2, 0.25) is 0 Å². The standard InChI is InChI=1S/C17H34N2O2/c1-6-11-18-17(4,16(20)21-5)10-7-12-19(13-14(2)3)15-8-9-15/h14-15,18H,6-13H2,1-5H3. The molecule has 0 aliphatic heterocycles. The smallest absolute Gasteiger partial charge is 0.325 e. The zero-order chi connectivity index (χ0) is 15.9. The predicted molar refractivity (Wildman–Crippen MR) is 87.4 cm³/mol. The maximum atomic E-state index is 12.0. The molecule has 4 heteroatoms. The van der Waals surface area contributed by atoms with E-state index in [-0.39, 0.29) is 5.97 Å². The summed E-state index contributed by atoms with van der Waals surface area (Å²) in [4.78, 5) is 14.6. The van der Waals surface area contributed by atoms with Crippen molar-refractivity contribution in [2.45, 2.75) is 71.4 Å². The maximum absolute atomic E-state index is 12.0. The van der Waals surface area contributed by atoms with E-state index in [1.165, 1.54) is 26.5 Å². The average Bonchev–Trinajstić information content (AvgIpc) is 3.27. The van der Waals surface area contributed by atoms with Crippen LogP contribution in [0.3, 0.4) is 0 Å². The molecule has 1 saturated carbocycles. The van der Waals surface area contributed by atoms with E-state index in [0.717, 1.165) is 38.4 Å². The molecular weight excluding hydrogens is 264 g/mol. The molecule has 0 heterocycles. The fraction of sp³-hybridized carbons (Fsp3) is 0.941. The zero-order valence-corrected chi connectivity index (χ0v) is 14.6. The summed E-state index contributed by atoms with van der Waals surface area (Å²) in [6.07, 6.45) is 5.57. The molecule has 0 aromatic heterocycles. The van der Waals surface area contributed by atoms with Gasteiger partial charge < -0.3 is 15.0 Å². The first-order valence-electron chi connectivity index (χ1n) is 8.50. The highest BCUT2D eigenvalue weighted by atomic mass is 16.5. The van der Waals surface area contributed by atoms with Crippen LogP contribution in [0.2, 0.25) is 0 Å². The minimum atomic E-state index is -0.544. The second-order valence-electron chi connectivity index (χ2n) is 6.97. The number of nitrogens with one attached hydrogen (secondary N) is 1. The van der Waals surface area contributed by atoms with Crippen molar-refractivity contribution in [1.29, 1.82) is 0 Å². The molecule has 0 aromatic carbocycles. The molecule has 0 bridgehead atoms. The molecule has 4 nitrogen and oxygen atoms in total. The highest BCUT2D eigenvalue weighted by Crippen LogP contribution is 2.28. The van der Waals surface area contributed by atoms with Gasteiger partial charge in [-0.05, 0) is 58.0 Å². The van der Waals surface area contributed by atoms with E-state index < -0.39 is 5.54 Å². The summed E-state index contributed by atoms with van der Waals surface area (Å²) in [6, 6.07) is 0.792. The molecule has 21 heavy (non-hydrogen) atoms. The number of hydrogen-bond acceptors (Lipinski definition) is 4. The first kappa shape index (κ1) is 18.4. The minimum Gasteiger partial charge on any atom is -0.468 e. The van der Waals surface area contributed by atoms with Gasteiger partial charge in [0.25, 0.3) is 0 Å². The van der Waals surface area contributed by atoms with Gasteiger partial charge in [0.15, 0.2) is 0 Å². The van der Waals surface area contributed by atoms with Gasteiger partial charge >= 0.3 is 5.97 Å². The Labute approximate surface area is 130 Å². The number of carbonyl (C=O) groups is 1. The lowest BCUT2D eigenvalue weighted by atomic mass is 9.95. The number of carbonyl (C=O) groups excluding carboxylic acids is 1. The van der Waals surface area contributed by atoms with E-state index in [1.807, 2.05) is 6.92 Å². The molecule has 1 N–H and O–H groups in total. The first-order chi connectivity index (χ1) is 9.92. The Hall–Kier alpha value is -0.610. The van der Waals surface area contributed by atoms with Crippen LogP contribution in [0.5, 0.6) is 0 Å². The lowest BCUT2D eigenvalue weighted by Gasteiger charge is -2.30. The Bertz CT molecular complexity index is 316. The summed E-state index contributed by atoms with van der Waals surface area (Å²) in [5.41, 5.74) is -0.544. The van der Waals surface area contributed by atoms with Crippen LogP contribution in [0.15, 0.2) is 0 Å². The van der Waals surface area contributed by atoms with E-state index in [4.69, 9.17) is 4.74 Å². The molecule has 0 radical (unpaired) electrons. The van der Waals surface area contributed by atoms with Crippen LogP contribution < -0.4 is 5.32 Å². The van der Waals surface area contributed by atoms with Crippen molar-refractivity contribution in [1.82, 2.24) is 10.2 Å². The van der Waals surface area contributed by atoms with Crippen molar-refractivity contribution in [2.75, 3.05) is 26.7 Å². The second-order valence-corrected chi connectivity index (χ2v) is 6.97. The third-order valence-electron chi connectivity index (χ3n) is 4.19. The Kier molecular flexibility index (Phi) is 7.67. The Morgan fingerprint density at radius 2 is 2.10 bits per heavy atom. The number of rotatable bonds is 11. The number of ether oxygens (including phenoxy) is 1. The third-order valence-corrected chi connectivity index (χ3v) is 4.19. The zero-order valence-electron chi connectivity index (χ0n) is 14.6. The summed E-state index contributed by atoms with van der Waals surface area (Å²) in [6.45, 7) is 11.7.